The SMILES string of the molecule is Cn1cc(CNc2cc(F)cc(F)c2F)nn1. The van der Waals surface area contributed by atoms with Crippen molar-refractivity contribution in [2.24, 2.45) is 7.05 Å². The molecule has 2 rings (SSSR count). The molecule has 0 saturated carbocycles. The zero-order chi connectivity index (χ0) is 12.4. The fourth-order valence-electron chi connectivity index (χ4n) is 1.35. The van der Waals surface area contributed by atoms with E-state index in [0.717, 1.165) is 6.07 Å². The number of aromatic nitrogens is 3. The van der Waals surface area contributed by atoms with Crippen LogP contribution in [0, 0.1) is 17.5 Å². The van der Waals surface area contributed by atoms with Crippen LogP contribution in [-0.2, 0) is 13.6 Å². The van der Waals surface area contributed by atoms with E-state index >= 15 is 0 Å². The first-order valence-corrected chi connectivity index (χ1v) is 4.80. The molecule has 17 heavy (non-hydrogen) atoms. The fraction of sp³-hybridized carbons (Fsp3) is 0.200. The molecular weight excluding hydrogens is 233 g/mol. The highest BCUT2D eigenvalue weighted by Gasteiger charge is 2.11. The molecule has 0 unspecified atom stereocenters. The zero-order valence-electron chi connectivity index (χ0n) is 8.91. The van der Waals surface area contributed by atoms with Crippen molar-refractivity contribution in [3.8, 4) is 0 Å². The number of hydrogen-bond acceptors (Lipinski definition) is 3. The first kappa shape index (κ1) is 11.4. The number of anilines is 1. The van der Waals surface area contributed by atoms with Crippen LogP contribution < -0.4 is 5.32 Å². The van der Waals surface area contributed by atoms with Crippen molar-refractivity contribution >= 4 is 5.69 Å². The summed E-state index contributed by atoms with van der Waals surface area (Å²) in [7, 11) is 1.68. The third kappa shape index (κ3) is 2.55. The molecule has 0 aliphatic rings. The highest BCUT2D eigenvalue weighted by molar-refractivity contribution is 5.45. The Morgan fingerprint density at radius 3 is 2.71 bits per heavy atom. The van der Waals surface area contributed by atoms with E-state index in [1.807, 2.05) is 0 Å². The van der Waals surface area contributed by atoms with Gasteiger partial charge in [-0.1, -0.05) is 5.21 Å². The average Bonchev–Trinajstić information content (AvgIpc) is 2.67. The van der Waals surface area contributed by atoms with Crippen LogP contribution in [0.1, 0.15) is 5.69 Å². The van der Waals surface area contributed by atoms with E-state index in [-0.39, 0.29) is 12.2 Å². The van der Waals surface area contributed by atoms with Gasteiger partial charge in [0.05, 0.1) is 12.2 Å². The Hall–Kier alpha value is -2.05. The lowest BCUT2D eigenvalue weighted by Gasteiger charge is -2.06. The highest BCUT2D eigenvalue weighted by atomic mass is 19.2. The first-order valence-electron chi connectivity index (χ1n) is 4.80. The molecule has 0 bridgehead atoms. The van der Waals surface area contributed by atoms with Crippen LogP contribution in [0.4, 0.5) is 18.9 Å². The molecule has 0 spiro atoms. The van der Waals surface area contributed by atoms with Crippen molar-refractivity contribution in [2.75, 3.05) is 5.32 Å². The Bertz CT molecular complexity index is 538. The van der Waals surface area contributed by atoms with Crippen LogP contribution in [0.5, 0.6) is 0 Å². The summed E-state index contributed by atoms with van der Waals surface area (Å²) in [6.07, 6.45) is 1.61. The Kier molecular flexibility index (Phi) is 2.99. The zero-order valence-corrected chi connectivity index (χ0v) is 8.91. The summed E-state index contributed by atoms with van der Waals surface area (Å²) >= 11 is 0. The smallest absolute Gasteiger partial charge is 0.182 e. The topological polar surface area (TPSA) is 42.7 Å². The monoisotopic (exact) mass is 242 g/mol. The quantitative estimate of drug-likeness (QED) is 0.835. The van der Waals surface area contributed by atoms with Gasteiger partial charge >= 0.3 is 0 Å². The molecule has 1 N–H and O–H groups in total. The molecule has 0 atom stereocenters. The minimum absolute atomic E-state index is 0.133. The van der Waals surface area contributed by atoms with E-state index in [9.17, 15) is 13.2 Å². The number of nitrogens with one attached hydrogen (secondary N) is 1. The van der Waals surface area contributed by atoms with Gasteiger partial charge in [-0.2, -0.15) is 0 Å². The molecule has 4 nitrogen and oxygen atoms in total. The molecule has 1 aromatic carbocycles. The predicted octanol–water partition coefficient (Wildman–Crippen LogP) is 1.84. The van der Waals surface area contributed by atoms with Gasteiger partial charge < -0.3 is 5.32 Å². The molecule has 2 aromatic rings. The summed E-state index contributed by atoms with van der Waals surface area (Å²) in [6.45, 7) is 0.133. The normalized spacial score (nSPS) is 10.6. The first-order chi connectivity index (χ1) is 8.06. The number of benzene rings is 1. The maximum atomic E-state index is 13.2. The molecule has 1 aromatic heterocycles. The number of halogens is 3. The Labute approximate surface area is 95.1 Å². The maximum absolute atomic E-state index is 13.2. The lowest BCUT2D eigenvalue weighted by Crippen LogP contribution is -2.04. The van der Waals surface area contributed by atoms with Crippen molar-refractivity contribution in [3.63, 3.8) is 0 Å². The van der Waals surface area contributed by atoms with Crippen LogP contribution in [0.3, 0.4) is 0 Å². The molecule has 0 saturated heterocycles. The molecule has 0 amide bonds. The van der Waals surface area contributed by atoms with Crippen LogP contribution in [-0.4, -0.2) is 15.0 Å². The summed E-state index contributed by atoms with van der Waals surface area (Å²) < 4.78 is 40.5. The molecule has 0 aliphatic carbocycles. The number of rotatable bonds is 3. The summed E-state index contributed by atoms with van der Waals surface area (Å²) in [4.78, 5) is 0. The molecule has 90 valence electrons. The summed E-state index contributed by atoms with van der Waals surface area (Å²) in [6, 6.07) is 1.37. The summed E-state index contributed by atoms with van der Waals surface area (Å²) in [5.41, 5.74) is 0.296. The van der Waals surface area contributed by atoms with Gasteiger partial charge in [-0.15, -0.1) is 5.10 Å². The van der Waals surface area contributed by atoms with E-state index in [4.69, 9.17) is 0 Å². The second-order valence-corrected chi connectivity index (χ2v) is 3.49. The summed E-state index contributed by atoms with van der Waals surface area (Å²) in [5, 5.41) is 9.97. The molecule has 0 radical (unpaired) electrons. The summed E-state index contributed by atoms with van der Waals surface area (Å²) in [5.74, 6) is -3.19. The van der Waals surface area contributed by atoms with Gasteiger partial charge in [-0.3, -0.25) is 4.68 Å². The van der Waals surface area contributed by atoms with Crippen molar-refractivity contribution in [3.05, 3.63) is 41.5 Å². The predicted molar refractivity (Wildman–Crippen MR) is 54.6 cm³/mol. The van der Waals surface area contributed by atoms with E-state index in [0.29, 0.717) is 11.8 Å². The van der Waals surface area contributed by atoms with Gasteiger partial charge in [0.2, 0.25) is 0 Å². The van der Waals surface area contributed by atoms with Crippen molar-refractivity contribution in [1.29, 1.82) is 0 Å². The minimum atomic E-state index is -1.23. The fourth-order valence-corrected chi connectivity index (χ4v) is 1.35. The van der Waals surface area contributed by atoms with Crippen molar-refractivity contribution in [2.45, 2.75) is 6.54 Å². The van der Waals surface area contributed by atoms with Crippen LogP contribution in [0.15, 0.2) is 18.3 Å². The lowest BCUT2D eigenvalue weighted by molar-refractivity contribution is 0.497. The van der Waals surface area contributed by atoms with Crippen LogP contribution >= 0.6 is 0 Å². The van der Waals surface area contributed by atoms with Gasteiger partial charge in [0.25, 0.3) is 0 Å². The number of nitrogens with zero attached hydrogens (tertiary/aromatic N) is 3. The molecule has 7 heteroatoms. The standard InChI is InChI=1S/C10H9F3N4/c1-17-5-7(15-16-17)4-14-9-3-6(11)2-8(12)10(9)13/h2-3,5,14H,4H2,1H3. The van der Waals surface area contributed by atoms with Gasteiger partial charge in [-0.05, 0) is 0 Å². The van der Waals surface area contributed by atoms with E-state index < -0.39 is 17.5 Å². The third-order valence-electron chi connectivity index (χ3n) is 2.10. The van der Waals surface area contributed by atoms with Crippen molar-refractivity contribution < 1.29 is 13.2 Å². The lowest BCUT2D eigenvalue weighted by atomic mass is 10.2. The molecule has 0 aliphatic heterocycles. The van der Waals surface area contributed by atoms with E-state index in [1.54, 1.807) is 13.2 Å². The second-order valence-electron chi connectivity index (χ2n) is 3.49. The maximum Gasteiger partial charge on any atom is 0.182 e. The minimum Gasteiger partial charge on any atom is -0.377 e. The van der Waals surface area contributed by atoms with Crippen molar-refractivity contribution in [1.82, 2.24) is 15.0 Å². The highest BCUT2D eigenvalue weighted by Crippen LogP contribution is 2.19. The Balaban J connectivity index is 2.14. The Morgan fingerprint density at radius 1 is 1.29 bits per heavy atom. The van der Waals surface area contributed by atoms with Gasteiger partial charge in [0, 0.05) is 25.4 Å². The average molecular weight is 242 g/mol. The van der Waals surface area contributed by atoms with Gasteiger partial charge in [-0.25, -0.2) is 13.2 Å². The van der Waals surface area contributed by atoms with E-state index in [2.05, 4.69) is 15.6 Å². The second kappa shape index (κ2) is 4.44. The molecular formula is C10H9F3N4. The van der Waals surface area contributed by atoms with Crippen LogP contribution in [0.2, 0.25) is 0 Å². The Morgan fingerprint density at radius 2 is 2.06 bits per heavy atom. The number of aryl methyl sites for hydroxylation is 1. The molecule has 0 fully saturated rings. The van der Waals surface area contributed by atoms with Gasteiger partial charge in [0.1, 0.15) is 11.5 Å². The van der Waals surface area contributed by atoms with E-state index in [1.165, 1.54) is 4.68 Å². The largest absolute Gasteiger partial charge is 0.377 e. The third-order valence-corrected chi connectivity index (χ3v) is 2.10. The molecule has 1 heterocycles. The van der Waals surface area contributed by atoms with Gasteiger partial charge in [0.15, 0.2) is 11.6 Å². The number of hydrogen-bond donors (Lipinski definition) is 1. The van der Waals surface area contributed by atoms with Crippen LogP contribution in [0.25, 0.3) is 0 Å².